The molecule has 0 atom stereocenters. The zero-order valence-electron chi connectivity index (χ0n) is 8.19. The van der Waals surface area contributed by atoms with Gasteiger partial charge in [0.2, 0.25) is 0 Å². The zero-order valence-corrected chi connectivity index (χ0v) is 9.01. The van der Waals surface area contributed by atoms with Gasteiger partial charge in [-0.05, 0) is 0 Å². The Bertz CT molecular complexity index is 401. The second-order valence-electron chi connectivity index (χ2n) is 3.13. The molecule has 0 saturated carbocycles. The molecule has 0 radical (unpaired) electrons. The summed E-state index contributed by atoms with van der Waals surface area (Å²) >= 11 is 0. The van der Waals surface area contributed by atoms with Crippen LogP contribution in [0.3, 0.4) is 0 Å². The maximum Gasteiger partial charge on any atom is 0.428 e. The van der Waals surface area contributed by atoms with Crippen LogP contribution < -0.4 is 0 Å². The Morgan fingerprint density at radius 1 is 0.842 bits per heavy atom. The van der Waals surface area contributed by atoms with Crippen molar-refractivity contribution in [3.8, 4) is 0 Å². The monoisotopic (exact) mass is 330 g/mol. The van der Waals surface area contributed by atoms with E-state index in [1.165, 1.54) is 0 Å². The minimum absolute atomic E-state index is 2.29. The highest BCUT2D eigenvalue weighted by Gasteiger charge is 2.77. The van der Waals surface area contributed by atoms with E-state index in [1.807, 2.05) is 0 Å². The molecule has 0 rings (SSSR count). The third-order valence-electron chi connectivity index (χ3n) is 1.61. The highest BCUT2D eigenvalue weighted by Crippen LogP contribution is 2.51. The van der Waals surface area contributed by atoms with Crippen LogP contribution in [0.5, 0.6) is 0 Å². The molecule has 0 spiro atoms. The summed E-state index contributed by atoms with van der Waals surface area (Å²) in [7, 11) is -6.46. The highest BCUT2D eigenvalue weighted by molar-refractivity contribution is 7.80. The van der Waals surface area contributed by atoms with E-state index in [0.29, 0.717) is 0 Å². The van der Waals surface area contributed by atoms with Crippen LogP contribution in [0.4, 0.5) is 39.5 Å². The summed E-state index contributed by atoms with van der Waals surface area (Å²) in [5, 5.41) is 0. The van der Waals surface area contributed by atoms with Crippen molar-refractivity contribution >= 4 is 10.4 Å². The van der Waals surface area contributed by atoms with Crippen LogP contribution in [0, 0.1) is 0 Å². The van der Waals surface area contributed by atoms with Gasteiger partial charge in [0.05, 0.1) is 6.42 Å². The lowest BCUT2D eigenvalue weighted by atomic mass is 9.98. The van der Waals surface area contributed by atoms with E-state index in [9.17, 15) is 47.9 Å². The van der Waals surface area contributed by atoms with Gasteiger partial charge in [0.25, 0.3) is 5.60 Å². The van der Waals surface area contributed by atoms with E-state index < -0.39 is 40.9 Å². The van der Waals surface area contributed by atoms with Crippen molar-refractivity contribution in [1.29, 1.82) is 0 Å². The Balaban J connectivity index is 6.06. The zero-order chi connectivity index (χ0) is 15.9. The van der Waals surface area contributed by atoms with Crippen molar-refractivity contribution in [2.75, 3.05) is 0 Å². The van der Waals surface area contributed by atoms with Crippen molar-refractivity contribution in [3.05, 3.63) is 0 Å². The summed E-state index contributed by atoms with van der Waals surface area (Å²) < 4.78 is 139. The molecule has 19 heavy (non-hydrogen) atoms. The van der Waals surface area contributed by atoms with Crippen LogP contribution in [0.25, 0.3) is 0 Å². The Hall–Kier alpha value is -0.760. The summed E-state index contributed by atoms with van der Waals surface area (Å²) in [6.45, 7) is 0. The topological polar surface area (TPSA) is 63.6 Å². The molecule has 0 bridgehead atoms. The van der Waals surface area contributed by atoms with Crippen LogP contribution in [0.15, 0.2) is 0 Å². The number of rotatable bonds is 3. The van der Waals surface area contributed by atoms with Gasteiger partial charge >= 0.3 is 28.9 Å². The molecular weight excluding hydrogens is 327 g/mol. The molecule has 1 N–H and O–H groups in total. The Labute approximate surface area is 98.6 Å². The number of halogens is 9. The summed E-state index contributed by atoms with van der Waals surface area (Å²) in [6.07, 6.45) is -23.4. The minimum atomic E-state index is -6.80. The first-order valence-corrected chi connectivity index (χ1v) is 5.16. The molecule has 4 nitrogen and oxygen atoms in total. The van der Waals surface area contributed by atoms with Gasteiger partial charge in [-0.15, -0.1) is 0 Å². The van der Waals surface area contributed by atoms with Crippen LogP contribution in [0.1, 0.15) is 6.42 Å². The third-order valence-corrected chi connectivity index (χ3v) is 2.11. The normalized spacial score (nSPS) is 15.7. The summed E-state index contributed by atoms with van der Waals surface area (Å²) in [5.41, 5.74) is -6.12. The summed E-state index contributed by atoms with van der Waals surface area (Å²) in [6, 6.07) is 0. The number of alkyl halides is 9. The summed E-state index contributed by atoms with van der Waals surface area (Å²) in [5.74, 6) is 0. The van der Waals surface area contributed by atoms with Crippen molar-refractivity contribution in [2.24, 2.45) is 0 Å². The molecular formula is C5H3F9O4S. The van der Waals surface area contributed by atoms with Crippen molar-refractivity contribution in [1.82, 2.24) is 0 Å². The molecule has 0 unspecified atom stereocenters. The van der Waals surface area contributed by atoms with Gasteiger partial charge in [-0.2, -0.15) is 47.9 Å². The molecule has 116 valence electrons. The molecule has 0 aromatic heterocycles. The van der Waals surface area contributed by atoms with Crippen LogP contribution >= 0.6 is 0 Å². The van der Waals surface area contributed by atoms with Gasteiger partial charge in [0, 0.05) is 0 Å². The van der Waals surface area contributed by atoms with Crippen LogP contribution in [0.2, 0.25) is 0 Å². The molecule has 0 aromatic rings. The molecule has 0 aliphatic carbocycles. The van der Waals surface area contributed by atoms with Gasteiger partial charge in [-0.1, -0.05) is 0 Å². The second-order valence-corrected chi connectivity index (χ2v) is 4.15. The molecule has 0 heterocycles. The molecule has 0 saturated heterocycles. The first-order valence-electron chi connectivity index (χ1n) is 3.79. The molecule has 0 amide bonds. The van der Waals surface area contributed by atoms with E-state index in [0.717, 1.165) is 0 Å². The smallest absolute Gasteiger partial charge is 0.264 e. The molecule has 0 fully saturated rings. The van der Waals surface area contributed by atoms with Crippen LogP contribution in [-0.2, 0) is 14.6 Å². The molecule has 0 aliphatic rings. The number of hydrogen-bond acceptors (Lipinski definition) is 3. The average Bonchev–Trinajstić information content (AvgIpc) is 1.91. The van der Waals surface area contributed by atoms with Gasteiger partial charge in [-0.25, -0.2) is 4.18 Å². The van der Waals surface area contributed by atoms with E-state index in [4.69, 9.17) is 4.55 Å². The van der Waals surface area contributed by atoms with E-state index in [1.54, 1.807) is 0 Å². The SMILES string of the molecule is O=S(=O)(O)OC(CC(F)(F)F)(C(F)(F)F)C(F)(F)F. The average molecular weight is 330 g/mol. The van der Waals surface area contributed by atoms with E-state index >= 15 is 0 Å². The maximum atomic E-state index is 12.2. The lowest BCUT2D eigenvalue weighted by Gasteiger charge is -2.35. The maximum absolute atomic E-state index is 12.2. The predicted molar refractivity (Wildman–Crippen MR) is 38.1 cm³/mol. The molecule has 0 aliphatic heterocycles. The Kier molecular flexibility index (Phi) is 4.47. The Morgan fingerprint density at radius 3 is 1.32 bits per heavy atom. The van der Waals surface area contributed by atoms with Gasteiger partial charge in [0.15, 0.2) is 0 Å². The van der Waals surface area contributed by atoms with Gasteiger partial charge in [-0.3, -0.25) is 4.55 Å². The van der Waals surface area contributed by atoms with Crippen LogP contribution in [-0.4, -0.2) is 37.1 Å². The van der Waals surface area contributed by atoms with Crippen molar-refractivity contribution < 1.29 is 56.7 Å². The Morgan fingerprint density at radius 2 is 1.16 bits per heavy atom. The molecule has 0 aromatic carbocycles. The number of hydrogen-bond donors (Lipinski definition) is 1. The van der Waals surface area contributed by atoms with Gasteiger partial charge in [0.1, 0.15) is 0 Å². The van der Waals surface area contributed by atoms with E-state index in [-0.39, 0.29) is 0 Å². The third kappa shape index (κ3) is 4.68. The predicted octanol–water partition coefficient (Wildman–Crippen LogP) is 2.62. The minimum Gasteiger partial charge on any atom is -0.264 e. The van der Waals surface area contributed by atoms with Crippen molar-refractivity contribution in [2.45, 2.75) is 30.6 Å². The van der Waals surface area contributed by atoms with Gasteiger partial charge < -0.3 is 0 Å². The first kappa shape index (κ1) is 18.2. The van der Waals surface area contributed by atoms with E-state index in [2.05, 4.69) is 4.18 Å². The first-order chi connectivity index (χ1) is 7.91. The molecule has 14 heteroatoms. The summed E-state index contributed by atoms with van der Waals surface area (Å²) in [4.78, 5) is 0. The largest absolute Gasteiger partial charge is 0.428 e. The fraction of sp³-hybridized carbons (Fsp3) is 1.00. The quantitative estimate of drug-likeness (QED) is 0.638. The fourth-order valence-corrected chi connectivity index (χ4v) is 1.55. The highest BCUT2D eigenvalue weighted by atomic mass is 32.3. The second kappa shape index (κ2) is 4.66. The van der Waals surface area contributed by atoms with Crippen molar-refractivity contribution in [3.63, 3.8) is 0 Å². The lowest BCUT2D eigenvalue weighted by Crippen LogP contribution is -2.61. The standard InChI is InChI=1S/C5H3F9O4S/c6-3(7,8)1-2(4(9,10)11,5(12,13)14)18-19(15,16)17/h1H2,(H,15,16,17). The lowest BCUT2D eigenvalue weighted by molar-refractivity contribution is -0.377. The fourth-order valence-electron chi connectivity index (χ4n) is 0.947.